The topological polar surface area (TPSA) is 108 Å². The standard InChI is InChI=1S/C10H20N2O5/c1-6(5-17-3)4-11-10(16)12-8(7(2)13)9(14)15/h6-8,13H,4-5H2,1-3H3,(H,14,15)(H2,11,12,16)/t6?,7-,8+/m1/s1. The molecule has 7 nitrogen and oxygen atoms in total. The summed E-state index contributed by atoms with van der Waals surface area (Å²) < 4.78 is 4.89. The molecule has 1 unspecified atom stereocenters. The molecule has 100 valence electrons. The molecule has 0 aliphatic heterocycles. The molecule has 0 radical (unpaired) electrons. The molecule has 2 amide bonds. The summed E-state index contributed by atoms with van der Waals surface area (Å²) in [5.74, 6) is -1.15. The Bertz CT molecular complexity index is 257. The lowest BCUT2D eigenvalue weighted by molar-refractivity contribution is -0.141. The third kappa shape index (κ3) is 6.75. The van der Waals surface area contributed by atoms with Gasteiger partial charge in [0.05, 0.1) is 12.7 Å². The fourth-order valence-electron chi connectivity index (χ4n) is 1.19. The molecule has 3 atom stereocenters. The Balaban J connectivity index is 4.03. The SMILES string of the molecule is COCC(C)CNC(=O)N[C@H](C(=O)O)[C@@H](C)O. The van der Waals surface area contributed by atoms with Crippen LogP contribution >= 0.6 is 0 Å². The highest BCUT2D eigenvalue weighted by Gasteiger charge is 2.24. The first kappa shape index (κ1) is 15.7. The van der Waals surface area contributed by atoms with Crippen molar-refractivity contribution in [1.29, 1.82) is 0 Å². The number of carboxylic acid groups (broad SMARTS) is 1. The number of hydrogen-bond acceptors (Lipinski definition) is 4. The summed E-state index contributed by atoms with van der Waals surface area (Å²) in [5, 5.41) is 22.6. The largest absolute Gasteiger partial charge is 0.480 e. The van der Waals surface area contributed by atoms with Crippen molar-refractivity contribution in [1.82, 2.24) is 10.6 Å². The van der Waals surface area contributed by atoms with Crippen LogP contribution in [0.2, 0.25) is 0 Å². The first-order valence-electron chi connectivity index (χ1n) is 5.32. The Morgan fingerprint density at radius 3 is 2.35 bits per heavy atom. The Morgan fingerprint density at radius 2 is 1.94 bits per heavy atom. The van der Waals surface area contributed by atoms with Crippen molar-refractivity contribution in [2.24, 2.45) is 5.92 Å². The number of hydrogen-bond donors (Lipinski definition) is 4. The Labute approximate surface area is 100 Å². The maximum absolute atomic E-state index is 11.3. The first-order valence-corrected chi connectivity index (χ1v) is 5.32. The molecule has 17 heavy (non-hydrogen) atoms. The highest BCUT2D eigenvalue weighted by molar-refractivity contribution is 5.82. The van der Waals surface area contributed by atoms with E-state index in [0.717, 1.165) is 0 Å². The van der Waals surface area contributed by atoms with Gasteiger partial charge in [-0.3, -0.25) is 0 Å². The number of methoxy groups -OCH3 is 1. The van der Waals surface area contributed by atoms with Crippen molar-refractivity contribution in [2.45, 2.75) is 26.0 Å². The maximum Gasteiger partial charge on any atom is 0.328 e. The van der Waals surface area contributed by atoms with E-state index in [0.29, 0.717) is 13.2 Å². The predicted octanol–water partition coefficient (Wildman–Crippen LogP) is -0.598. The van der Waals surface area contributed by atoms with E-state index in [1.165, 1.54) is 6.92 Å². The van der Waals surface area contributed by atoms with E-state index in [1.807, 2.05) is 6.92 Å². The number of ether oxygens (including phenoxy) is 1. The van der Waals surface area contributed by atoms with Crippen LogP contribution in [-0.4, -0.2) is 54.6 Å². The van der Waals surface area contributed by atoms with Gasteiger partial charge in [0.1, 0.15) is 0 Å². The fraction of sp³-hybridized carbons (Fsp3) is 0.800. The van der Waals surface area contributed by atoms with E-state index in [9.17, 15) is 9.59 Å². The van der Waals surface area contributed by atoms with Gasteiger partial charge < -0.3 is 25.6 Å². The van der Waals surface area contributed by atoms with E-state index >= 15 is 0 Å². The minimum Gasteiger partial charge on any atom is -0.480 e. The Hall–Kier alpha value is -1.34. The molecule has 0 aromatic carbocycles. The molecule has 0 aliphatic carbocycles. The zero-order chi connectivity index (χ0) is 13.4. The van der Waals surface area contributed by atoms with Gasteiger partial charge in [-0.15, -0.1) is 0 Å². The zero-order valence-corrected chi connectivity index (χ0v) is 10.3. The van der Waals surface area contributed by atoms with Gasteiger partial charge in [0.2, 0.25) is 0 Å². The Kier molecular flexibility index (Phi) is 7.24. The van der Waals surface area contributed by atoms with Crippen molar-refractivity contribution < 1.29 is 24.5 Å². The molecular weight excluding hydrogens is 228 g/mol. The van der Waals surface area contributed by atoms with Crippen molar-refractivity contribution in [3.05, 3.63) is 0 Å². The summed E-state index contributed by atoms with van der Waals surface area (Å²) in [5.41, 5.74) is 0. The molecule has 0 saturated carbocycles. The van der Waals surface area contributed by atoms with Gasteiger partial charge in [0.25, 0.3) is 0 Å². The number of rotatable bonds is 7. The highest BCUT2D eigenvalue weighted by Crippen LogP contribution is 1.94. The van der Waals surface area contributed by atoms with E-state index < -0.39 is 24.1 Å². The summed E-state index contributed by atoms with van der Waals surface area (Å²) >= 11 is 0. The van der Waals surface area contributed by atoms with E-state index in [1.54, 1.807) is 7.11 Å². The summed E-state index contributed by atoms with van der Waals surface area (Å²) in [6.45, 7) is 4.05. The Morgan fingerprint density at radius 1 is 1.35 bits per heavy atom. The van der Waals surface area contributed by atoms with Gasteiger partial charge in [-0.2, -0.15) is 0 Å². The van der Waals surface area contributed by atoms with Crippen LogP contribution in [0.3, 0.4) is 0 Å². The third-order valence-corrected chi connectivity index (χ3v) is 2.10. The predicted molar refractivity (Wildman–Crippen MR) is 60.7 cm³/mol. The summed E-state index contributed by atoms with van der Waals surface area (Å²) in [6, 6.07) is -1.94. The molecule has 4 N–H and O–H groups in total. The average Bonchev–Trinajstić information content (AvgIpc) is 2.22. The molecule has 0 fully saturated rings. The number of carbonyl (C=O) groups is 2. The van der Waals surface area contributed by atoms with Crippen molar-refractivity contribution >= 4 is 12.0 Å². The van der Waals surface area contributed by atoms with Gasteiger partial charge in [-0.05, 0) is 12.8 Å². The number of nitrogens with one attached hydrogen (secondary N) is 2. The number of aliphatic hydroxyl groups is 1. The van der Waals surface area contributed by atoms with Crippen molar-refractivity contribution in [3.63, 3.8) is 0 Å². The van der Waals surface area contributed by atoms with E-state index in [2.05, 4.69) is 10.6 Å². The molecule has 0 bridgehead atoms. The lowest BCUT2D eigenvalue weighted by atomic mass is 10.2. The number of urea groups is 1. The fourth-order valence-corrected chi connectivity index (χ4v) is 1.19. The van der Waals surface area contributed by atoms with Crippen LogP contribution in [0.5, 0.6) is 0 Å². The molecule has 0 aromatic heterocycles. The van der Waals surface area contributed by atoms with Crippen LogP contribution < -0.4 is 10.6 Å². The van der Waals surface area contributed by atoms with E-state index in [-0.39, 0.29) is 5.92 Å². The van der Waals surface area contributed by atoms with Crippen LogP contribution in [0.15, 0.2) is 0 Å². The average molecular weight is 248 g/mol. The van der Waals surface area contributed by atoms with E-state index in [4.69, 9.17) is 14.9 Å². The summed E-state index contributed by atoms with van der Waals surface area (Å²) in [4.78, 5) is 22.0. The molecule has 0 aromatic rings. The first-order chi connectivity index (χ1) is 7.88. The van der Waals surface area contributed by atoms with Gasteiger partial charge in [-0.25, -0.2) is 9.59 Å². The van der Waals surface area contributed by atoms with Gasteiger partial charge >= 0.3 is 12.0 Å². The lowest BCUT2D eigenvalue weighted by Crippen LogP contribution is -2.51. The number of carbonyl (C=O) groups excluding carboxylic acids is 1. The maximum atomic E-state index is 11.3. The highest BCUT2D eigenvalue weighted by atomic mass is 16.5. The van der Waals surface area contributed by atoms with Crippen LogP contribution in [0.4, 0.5) is 4.79 Å². The molecule has 0 aliphatic rings. The quantitative estimate of drug-likeness (QED) is 0.481. The molecule has 0 saturated heterocycles. The molecule has 0 heterocycles. The summed E-state index contributed by atoms with van der Waals surface area (Å²) in [7, 11) is 1.56. The second-order valence-corrected chi connectivity index (χ2v) is 3.97. The van der Waals surface area contributed by atoms with Crippen molar-refractivity contribution in [3.8, 4) is 0 Å². The van der Waals surface area contributed by atoms with Crippen LogP contribution in [0.1, 0.15) is 13.8 Å². The monoisotopic (exact) mass is 248 g/mol. The smallest absolute Gasteiger partial charge is 0.328 e. The molecule has 7 heteroatoms. The number of amides is 2. The minimum absolute atomic E-state index is 0.126. The zero-order valence-electron chi connectivity index (χ0n) is 10.3. The van der Waals surface area contributed by atoms with Gasteiger partial charge in [0, 0.05) is 13.7 Å². The normalized spacial score (nSPS) is 15.8. The van der Waals surface area contributed by atoms with Gasteiger partial charge in [0.15, 0.2) is 6.04 Å². The lowest BCUT2D eigenvalue weighted by Gasteiger charge is -2.18. The third-order valence-electron chi connectivity index (χ3n) is 2.10. The van der Waals surface area contributed by atoms with Crippen LogP contribution in [0, 0.1) is 5.92 Å². The van der Waals surface area contributed by atoms with Crippen molar-refractivity contribution in [2.75, 3.05) is 20.3 Å². The molecular formula is C10H20N2O5. The van der Waals surface area contributed by atoms with Crippen LogP contribution in [0.25, 0.3) is 0 Å². The second-order valence-electron chi connectivity index (χ2n) is 3.97. The summed E-state index contributed by atoms with van der Waals surface area (Å²) in [6.07, 6.45) is -1.16. The number of carboxylic acids is 1. The minimum atomic E-state index is -1.31. The second kappa shape index (κ2) is 7.86. The molecule has 0 spiro atoms. The van der Waals surface area contributed by atoms with Crippen LogP contribution in [-0.2, 0) is 9.53 Å². The molecule has 0 rings (SSSR count). The van der Waals surface area contributed by atoms with Gasteiger partial charge in [-0.1, -0.05) is 6.92 Å². The number of aliphatic carboxylic acids is 1. The number of aliphatic hydroxyl groups excluding tert-OH is 1.